The van der Waals surface area contributed by atoms with Crippen molar-refractivity contribution in [2.24, 2.45) is 0 Å². The van der Waals surface area contributed by atoms with Gasteiger partial charge in [0.05, 0.1) is 12.5 Å². The number of halogens is 1. The summed E-state index contributed by atoms with van der Waals surface area (Å²) in [6.07, 6.45) is 4.04. The fourth-order valence-corrected chi connectivity index (χ4v) is 2.47. The minimum Gasteiger partial charge on any atom is -0.493 e. The van der Waals surface area contributed by atoms with Crippen molar-refractivity contribution in [2.75, 3.05) is 6.61 Å². The predicted octanol–water partition coefficient (Wildman–Crippen LogP) is 5.40. The number of hydrogen-bond donors (Lipinski definition) is 0. The van der Waals surface area contributed by atoms with Crippen LogP contribution in [0, 0.1) is 0 Å². The molecule has 0 amide bonds. The zero-order valence-corrected chi connectivity index (χ0v) is 12.0. The van der Waals surface area contributed by atoms with Gasteiger partial charge in [-0.2, -0.15) is 0 Å². The second kappa shape index (κ2) is 6.63. The molecule has 0 N–H and O–H groups in total. The molecule has 0 aliphatic heterocycles. The zero-order chi connectivity index (χ0) is 13.7. The Kier molecular flexibility index (Phi) is 4.86. The van der Waals surface area contributed by atoms with E-state index in [1.54, 1.807) is 0 Å². The van der Waals surface area contributed by atoms with Crippen molar-refractivity contribution in [3.63, 3.8) is 0 Å². The predicted molar refractivity (Wildman–Crippen MR) is 84.0 cm³/mol. The summed E-state index contributed by atoms with van der Waals surface area (Å²) in [6, 6.07) is 10.3. The largest absolute Gasteiger partial charge is 0.493 e. The van der Waals surface area contributed by atoms with Gasteiger partial charge in [0.15, 0.2) is 0 Å². The minimum absolute atomic E-state index is 0.458. The van der Waals surface area contributed by atoms with Crippen LogP contribution in [0.1, 0.15) is 30.9 Å². The molecule has 2 heteroatoms. The fourth-order valence-electron chi connectivity index (χ4n) is 2.20. The number of fused-ring (bicyclic) bond motifs is 1. The Hall–Kier alpha value is -1.47. The van der Waals surface area contributed by atoms with Gasteiger partial charge in [-0.05, 0) is 28.8 Å². The highest BCUT2D eigenvalue weighted by molar-refractivity contribution is 6.18. The maximum Gasteiger partial charge on any atom is 0.124 e. The Morgan fingerprint density at radius 3 is 2.63 bits per heavy atom. The third-order valence-electron chi connectivity index (χ3n) is 3.26. The van der Waals surface area contributed by atoms with Gasteiger partial charge in [0.1, 0.15) is 5.75 Å². The lowest BCUT2D eigenvalue weighted by Gasteiger charge is -2.14. The van der Waals surface area contributed by atoms with Crippen molar-refractivity contribution in [2.45, 2.75) is 25.6 Å². The summed E-state index contributed by atoms with van der Waals surface area (Å²) in [7, 11) is 0. The average Bonchev–Trinajstić information content (AvgIpc) is 2.46. The van der Waals surface area contributed by atoms with Crippen LogP contribution in [0.4, 0.5) is 0 Å². The second-order valence-electron chi connectivity index (χ2n) is 4.53. The molecule has 0 unspecified atom stereocenters. The highest BCUT2D eigenvalue weighted by atomic mass is 35.5. The van der Waals surface area contributed by atoms with E-state index in [0.29, 0.717) is 5.88 Å². The summed E-state index contributed by atoms with van der Waals surface area (Å²) in [5, 5.41) is 2.33. The number of ether oxygens (including phenoxy) is 1. The number of rotatable bonds is 6. The van der Waals surface area contributed by atoms with Crippen LogP contribution in [0.3, 0.4) is 0 Å². The lowest BCUT2D eigenvalue weighted by atomic mass is 9.99. The molecule has 0 atom stereocenters. The summed E-state index contributed by atoms with van der Waals surface area (Å²) in [5.41, 5.74) is 2.16. The first-order valence-corrected chi connectivity index (χ1v) is 7.21. The third kappa shape index (κ3) is 2.93. The van der Waals surface area contributed by atoms with Crippen molar-refractivity contribution in [1.29, 1.82) is 0 Å². The van der Waals surface area contributed by atoms with Gasteiger partial charge in [-0.3, -0.25) is 0 Å². The Morgan fingerprint density at radius 2 is 2.00 bits per heavy atom. The molecular formula is C17H19ClO. The topological polar surface area (TPSA) is 9.23 Å². The van der Waals surface area contributed by atoms with E-state index in [4.69, 9.17) is 16.3 Å². The van der Waals surface area contributed by atoms with Crippen LogP contribution >= 0.6 is 11.6 Å². The Bertz CT molecular complexity index is 575. The first-order valence-electron chi connectivity index (χ1n) is 6.67. The molecule has 0 saturated carbocycles. The molecule has 0 spiro atoms. The quantitative estimate of drug-likeness (QED) is 0.506. The van der Waals surface area contributed by atoms with E-state index in [0.717, 1.165) is 41.7 Å². The SMILES string of the molecule is C=Cc1cc(OCCCC)c(CCl)c2ccccc12. The van der Waals surface area contributed by atoms with E-state index >= 15 is 0 Å². The molecule has 0 bridgehead atoms. The van der Waals surface area contributed by atoms with Crippen molar-refractivity contribution in [3.05, 3.63) is 48.0 Å². The van der Waals surface area contributed by atoms with Crippen molar-refractivity contribution in [1.82, 2.24) is 0 Å². The summed E-state index contributed by atoms with van der Waals surface area (Å²) in [5.74, 6) is 1.34. The number of benzene rings is 2. The lowest BCUT2D eigenvalue weighted by molar-refractivity contribution is 0.307. The average molecular weight is 275 g/mol. The van der Waals surface area contributed by atoms with E-state index < -0.39 is 0 Å². The summed E-state index contributed by atoms with van der Waals surface area (Å²) in [4.78, 5) is 0. The molecule has 0 aromatic heterocycles. The first-order chi connectivity index (χ1) is 9.31. The third-order valence-corrected chi connectivity index (χ3v) is 3.52. The molecule has 100 valence electrons. The molecule has 2 aromatic carbocycles. The maximum absolute atomic E-state index is 6.11. The van der Waals surface area contributed by atoms with Crippen LogP contribution < -0.4 is 4.74 Å². The Balaban J connectivity index is 2.53. The van der Waals surface area contributed by atoms with Crippen LogP contribution in [-0.2, 0) is 5.88 Å². The van der Waals surface area contributed by atoms with Crippen molar-refractivity contribution < 1.29 is 4.74 Å². The van der Waals surface area contributed by atoms with E-state index in [9.17, 15) is 0 Å². The number of hydrogen-bond acceptors (Lipinski definition) is 1. The van der Waals surface area contributed by atoms with Crippen LogP contribution in [0.15, 0.2) is 36.9 Å². The minimum atomic E-state index is 0.458. The van der Waals surface area contributed by atoms with Crippen molar-refractivity contribution >= 4 is 28.4 Å². The summed E-state index contributed by atoms with van der Waals surface area (Å²) in [6.45, 7) is 6.77. The van der Waals surface area contributed by atoms with E-state index in [2.05, 4.69) is 25.6 Å². The molecule has 0 aliphatic rings. The molecule has 0 aliphatic carbocycles. The number of unbranched alkanes of at least 4 members (excludes halogenated alkanes) is 1. The normalized spacial score (nSPS) is 10.6. The van der Waals surface area contributed by atoms with Gasteiger partial charge in [0, 0.05) is 5.56 Å². The molecule has 0 fully saturated rings. The molecular weight excluding hydrogens is 256 g/mol. The van der Waals surface area contributed by atoms with Gasteiger partial charge in [-0.1, -0.05) is 50.3 Å². The molecule has 19 heavy (non-hydrogen) atoms. The van der Waals surface area contributed by atoms with Crippen LogP contribution in [0.2, 0.25) is 0 Å². The van der Waals surface area contributed by atoms with Gasteiger partial charge in [0.2, 0.25) is 0 Å². The molecule has 1 nitrogen and oxygen atoms in total. The van der Waals surface area contributed by atoms with Gasteiger partial charge >= 0.3 is 0 Å². The van der Waals surface area contributed by atoms with Crippen LogP contribution in [0.5, 0.6) is 5.75 Å². The van der Waals surface area contributed by atoms with Crippen molar-refractivity contribution in [3.8, 4) is 5.75 Å². The summed E-state index contributed by atoms with van der Waals surface area (Å²) >= 11 is 6.11. The molecule has 2 rings (SSSR count). The number of alkyl halides is 1. The molecule has 0 saturated heterocycles. The molecule has 0 radical (unpaired) electrons. The van der Waals surface area contributed by atoms with Gasteiger partial charge in [-0.25, -0.2) is 0 Å². The smallest absolute Gasteiger partial charge is 0.124 e. The Labute approximate surface area is 119 Å². The molecule has 0 heterocycles. The van der Waals surface area contributed by atoms with Gasteiger partial charge in [0.25, 0.3) is 0 Å². The van der Waals surface area contributed by atoms with Gasteiger partial charge < -0.3 is 4.74 Å². The maximum atomic E-state index is 6.11. The lowest BCUT2D eigenvalue weighted by Crippen LogP contribution is -2.00. The second-order valence-corrected chi connectivity index (χ2v) is 4.80. The standard InChI is InChI=1S/C17H19ClO/c1-3-5-10-19-17-11-13(4-2)14-8-6-7-9-15(14)16(17)12-18/h4,6-9,11H,2-3,5,10,12H2,1H3. The Morgan fingerprint density at radius 1 is 1.26 bits per heavy atom. The first kappa shape index (κ1) is 14.0. The highest BCUT2D eigenvalue weighted by Gasteiger charge is 2.10. The van der Waals surface area contributed by atoms with Crippen LogP contribution in [-0.4, -0.2) is 6.61 Å². The monoisotopic (exact) mass is 274 g/mol. The fraction of sp³-hybridized carbons (Fsp3) is 0.294. The van der Waals surface area contributed by atoms with Gasteiger partial charge in [-0.15, -0.1) is 11.6 Å². The van der Waals surface area contributed by atoms with E-state index in [1.807, 2.05) is 24.3 Å². The van der Waals surface area contributed by atoms with Crippen LogP contribution in [0.25, 0.3) is 16.8 Å². The van der Waals surface area contributed by atoms with E-state index in [1.165, 1.54) is 5.39 Å². The highest BCUT2D eigenvalue weighted by Crippen LogP contribution is 2.33. The summed E-state index contributed by atoms with van der Waals surface area (Å²) < 4.78 is 5.89. The zero-order valence-electron chi connectivity index (χ0n) is 11.3. The molecule has 2 aromatic rings. The van der Waals surface area contributed by atoms with E-state index in [-0.39, 0.29) is 0 Å².